The van der Waals surface area contributed by atoms with Crippen LogP contribution in [0.5, 0.6) is 0 Å². The van der Waals surface area contributed by atoms with Crippen molar-refractivity contribution in [2.75, 3.05) is 7.05 Å². The van der Waals surface area contributed by atoms with Gasteiger partial charge in [0.05, 0.1) is 0 Å². The highest BCUT2D eigenvalue weighted by molar-refractivity contribution is 5.81. The molecule has 0 rings (SSSR count). The molecule has 0 aromatic rings. The fraction of sp³-hybridized carbons (Fsp3) is 0.600. The quantitative estimate of drug-likeness (QED) is 0.255. The summed E-state index contributed by atoms with van der Waals surface area (Å²) in [7, 11) is 1.64. The van der Waals surface area contributed by atoms with Crippen LogP contribution in [0.25, 0.3) is 0 Å². The summed E-state index contributed by atoms with van der Waals surface area (Å²) in [6.07, 6.45) is 0.611. The van der Waals surface area contributed by atoms with Crippen LogP contribution in [-0.4, -0.2) is 19.4 Å². The molecule has 0 aliphatic rings. The van der Waals surface area contributed by atoms with Gasteiger partial charge in [0.15, 0.2) is 0 Å². The average molecular weight is 130 g/mol. The topological polar surface area (TPSA) is 50.7 Å². The molecule has 0 heterocycles. The van der Waals surface area contributed by atoms with Gasteiger partial charge in [0, 0.05) is 13.5 Å². The van der Waals surface area contributed by atoms with E-state index in [9.17, 15) is 4.79 Å². The van der Waals surface area contributed by atoms with Gasteiger partial charge in [-0.3, -0.25) is 4.79 Å². The third-order valence-corrected chi connectivity index (χ3v) is 0.723. The van der Waals surface area contributed by atoms with Gasteiger partial charge in [0.2, 0.25) is 5.90 Å². The van der Waals surface area contributed by atoms with Gasteiger partial charge in [-0.2, -0.15) is 0 Å². The molecule has 0 amide bonds. The Balaban J connectivity index is 3.65. The molecule has 0 unspecified atom stereocenters. The second kappa shape index (κ2) is 5.08. The van der Waals surface area contributed by atoms with Gasteiger partial charge < -0.3 is 10.2 Å². The monoisotopic (exact) mass is 130 g/mol. The minimum atomic E-state index is 0.361. The third-order valence-electron chi connectivity index (χ3n) is 0.723. The molecule has 52 valence electrons. The number of hydrazone groups is 1. The molecule has 0 spiro atoms. The SMILES string of the molecule is CC/C(=N/NC)OC=O. The van der Waals surface area contributed by atoms with Crippen LogP contribution >= 0.6 is 0 Å². The van der Waals surface area contributed by atoms with E-state index in [0.29, 0.717) is 18.8 Å². The smallest absolute Gasteiger partial charge is 0.299 e. The van der Waals surface area contributed by atoms with E-state index in [1.807, 2.05) is 6.92 Å². The second-order valence-corrected chi connectivity index (χ2v) is 1.30. The van der Waals surface area contributed by atoms with Crippen LogP contribution in [0.4, 0.5) is 0 Å². The van der Waals surface area contributed by atoms with Gasteiger partial charge >= 0.3 is 0 Å². The van der Waals surface area contributed by atoms with Crippen molar-refractivity contribution in [2.45, 2.75) is 13.3 Å². The zero-order chi connectivity index (χ0) is 7.11. The second-order valence-electron chi connectivity index (χ2n) is 1.30. The molecule has 0 aromatic carbocycles. The summed E-state index contributed by atoms with van der Waals surface area (Å²) in [5.74, 6) is 0.396. The Morgan fingerprint density at radius 3 is 2.89 bits per heavy atom. The van der Waals surface area contributed by atoms with E-state index < -0.39 is 0 Å². The zero-order valence-corrected chi connectivity index (χ0v) is 5.55. The summed E-state index contributed by atoms with van der Waals surface area (Å²) >= 11 is 0. The van der Waals surface area contributed by atoms with Crippen molar-refractivity contribution in [1.29, 1.82) is 0 Å². The van der Waals surface area contributed by atoms with Gasteiger partial charge in [-0.25, -0.2) is 0 Å². The Morgan fingerprint density at radius 2 is 2.56 bits per heavy atom. The largest absolute Gasteiger partial charge is 0.412 e. The number of carbonyl (C=O) groups excluding carboxylic acids is 1. The van der Waals surface area contributed by atoms with E-state index in [-0.39, 0.29) is 0 Å². The summed E-state index contributed by atoms with van der Waals surface area (Å²) in [6, 6.07) is 0. The highest BCUT2D eigenvalue weighted by Crippen LogP contribution is 1.83. The first-order valence-corrected chi connectivity index (χ1v) is 2.68. The number of rotatable bonds is 3. The van der Waals surface area contributed by atoms with Crippen LogP contribution < -0.4 is 5.43 Å². The number of hydrogen-bond acceptors (Lipinski definition) is 4. The zero-order valence-electron chi connectivity index (χ0n) is 5.55. The van der Waals surface area contributed by atoms with Crippen molar-refractivity contribution in [3.05, 3.63) is 0 Å². The molecule has 4 heteroatoms. The molecule has 0 fully saturated rings. The summed E-state index contributed by atoms with van der Waals surface area (Å²) in [6.45, 7) is 2.21. The van der Waals surface area contributed by atoms with Crippen molar-refractivity contribution in [1.82, 2.24) is 5.43 Å². The maximum absolute atomic E-state index is 9.72. The van der Waals surface area contributed by atoms with E-state index in [2.05, 4.69) is 15.3 Å². The predicted molar refractivity (Wildman–Crippen MR) is 33.9 cm³/mol. The summed E-state index contributed by atoms with van der Waals surface area (Å²) < 4.78 is 4.44. The van der Waals surface area contributed by atoms with E-state index in [0.717, 1.165) is 0 Å². The third kappa shape index (κ3) is 3.52. The van der Waals surface area contributed by atoms with Crippen LogP contribution in [0.2, 0.25) is 0 Å². The molecule has 0 aromatic heterocycles. The minimum absolute atomic E-state index is 0.361. The molecular weight excluding hydrogens is 120 g/mol. The van der Waals surface area contributed by atoms with Crippen molar-refractivity contribution < 1.29 is 9.53 Å². The first-order chi connectivity index (χ1) is 4.35. The first kappa shape index (κ1) is 7.94. The number of ether oxygens (including phenoxy) is 1. The molecule has 0 atom stereocenters. The van der Waals surface area contributed by atoms with E-state index in [1.54, 1.807) is 7.05 Å². The fourth-order valence-corrected chi connectivity index (χ4v) is 0.369. The summed E-state index contributed by atoms with van der Waals surface area (Å²) in [5, 5.41) is 3.65. The van der Waals surface area contributed by atoms with Crippen molar-refractivity contribution in [3.8, 4) is 0 Å². The molecule has 0 saturated carbocycles. The normalized spacial score (nSPS) is 10.7. The summed E-state index contributed by atoms with van der Waals surface area (Å²) in [5.41, 5.74) is 2.51. The standard InChI is InChI=1S/C5H10N2O2/c1-3-5(7-6-2)9-4-8/h4,6H,3H2,1-2H3/b7-5-. The molecule has 0 saturated heterocycles. The fourth-order valence-electron chi connectivity index (χ4n) is 0.369. The van der Waals surface area contributed by atoms with Gasteiger partial charge in [0.25, 0.3) is 6.47 Å². The number of nitrogens with one attached hydrogen (secondary N) is 1. The Labute approximate surface area is 53.9 Å². The Morgan fingerprint density at radius 1 is 1.89 bits per heavy atom. The lowest BCUT2D eigenvalue weighted by molar-refractivity contribution is -0.121. The van der Waals surface area contributed by atoms with Crippen LogP contribution in [0, 0.1) is 0 Å². The van der Waals surface area contributed by atoms with Crippen molar-refractivity contribution >= 4 is 12.4 Å². The lowest BCUT2D eigenvalue weighted by Gasteiger charge is -1.96. The highest BCUT2D eigenvalue weighted by Gasteiger charge is 1.91. The molecule has 4 nitrogen and oxygen atoms in total. The van der Waals surface area contributed by atoms with Gasteiger partial charge in [0.1, 0.15) is 0 Å². The van der Waals surface area contributed by atoms with Crippen LogP contribution in [0.15, 0.2) is 5.10 Å². The molecule has 1 N–H and O–H groups in total. The Kier molecular flexibility index (Phi) is 4.49. The number of hydrogen-bond donors (Lipinski definition) is 1. The molecule has 0 aliphatic carbocycles. The maximum atomic E-state index is 9.72. The molecule has 0 radical (unpaired) electrons. The van der Waals surface area contributed by atoms with E-state index >= 15 is 0 Å². The molecule has 0 bridgehead atoms. The number of carbonyl (C=O) groups is 1. The number of nitrogens with zero attached hydrogens (tertiary/aromatic N) is 1. The summed E-state index contributed by atoms with van der Waals surface area (Å²) in [4.78, 5) is 9.72. The molecule has 9 heavy (non-hydrogen) atoms. The minimum Gasteiger partial charge on any atom is -0.412 e. The molecular formula is C5H10N2O2. The van der Waals surface area contributed by atoms with Crippen molar-refractivity contribution in [3.63, 3.8) is 0 Å². The van der Waals surface area contributed by atoms with E-state index in [4.69, 9.17) is 0 Å². The maximum Gasteiger partial charge on any atom is 0.299 e. The highest BCUT2D eigenvalue weighted by atomic mass is 16.5. The van der Waals surface area contributed by atoms with Gasteiger partial charge in [-0.1, -0.05) is 6.92 Å². The lowest BCUT2D eigenvalue weighted by Crippen LogP contribution is -2.07. The van der Waals surface area contributed by atoms with E-state index in [1.165, 1.54) is 0 Å². The predicted octanol–water partition coefficient (Wildman–Crippen LogP) is 0.102. The Bertz CT molecular complexity index is 112. The van der Waals surface area contributed by atoms with Gasteiger partial charge in [-0.15, -0.1) is 5.10 Å². The average Bonchev–Trinajstić information content (AvgIpc) is 1.88. The van der Waals surface area contributed by atoms with Crippen LogP contribution in [-0.2, 0) is 9.53 Å². The van der Waals surface area contributed by atoms with Gasteiger partial charge in [-0.05, 0) is 0 Å². The lowest BCUT2D eigenvalue weighted by atomic mass is 10.5. The van der Waals surface area contributed by atoms with Crippen LogP contribution in [0.3, 0.4) is 0 Å². The first-order valence-electron chi connectivity index (χ1n) is 2.68. The molecule has 0 aliphatic heterocycles. The van der Waals surface area contributed by atoms with Crippen LogP contribution in [0.1, 0.15) is 13.3 Å². The van der Waals surface area contributed by atoms with Crippen molar-refractivity contribution in [2.24, 2.45) is 5.10 Å². The Hall–Kier alpha value is -1.06.